The molecular weight excluding hydrogens is 295 g/mol. The van der Waals surface area contributed by atoms with Crippen molar-refractivity contribution in [2.75, 3.05) is 6.61 Å². The SMILES string of the molecule is OCCn1nnnc1SCc1ccc(Cl)c(Cl)c1. The van der Waals surface area contributed by atoms with E-state index in [0.717, 1.165) is 5.56 Å². The molecule has 0 aliphatic heterocycles. The van der Waals surface area contributed by atoms with E-state index in [-0.39, 0.29) is 6.61 Å². The Kier molecular flexibility index (Phi) is 4.82. The molecule has 0 fully saturated rings. The average molecular weight is 305 g/mol. The first-order chi connectivity index (χ1) is 8.70. The van der Waals surface area contributed by atoms with Crippen LogP contribution in [0.2, 0.25) is 10.0 Å². The van der Waals surface area contributed by atoms with Crippen molar-refractivity contribution in [2.24, 2.45) is 0 Å². The molecule has 96 valence electrons. The van der Waals surface area contributed by atoms with Crippen molar-refractivity contribution in [3.8, 4) is 0 Å². The lowest BCUT2D eigenvalue weighted by Gasteiger charge is -2.03. The molecule has 1 aromatic heterocycles. The molecule has 5 nitrogen and oxygen atoms in total. The zero-order valence-corrected chi connectivity index (χ0v) is 11.6. The summed E-state index contributed by atoms with van der Waals surface area (Å²) in [5.41, 5.74) is 1.04. The van der Waals surface area contributed by atoms with Crippen LogP contribution >= 0.6 is 35.0 Å². The second kappa shape index (κ2) is 6.38. The van der Waals surface area contributed by atoms with Crippen LogP contribution < -0.4 is 0 Å². The van der Waals surface area contributed by atoms with Gasteiger partial charge in [-0.2, -0.15) is 0 Å². The maximum atomic E-state index is 8.86. The van der Waals surface area contributed by atoms with Gasteiger partial charge in [-0.15, -0.1) is 5.10 Å². The highest BCUT2D eigenvalue weighted by atomic mass is 35.5. The number of hydrogen-bond donors (Lipinski definition) is 1. The lowest BCUT2D eigenvalue weighted by Crippen LogP contribution is -2.05. The number of aliphatic hydroxyl groups is 1. The Labute approximate surface area is 118 Å². The molecule has 0 saturated carbocycles. The minimum absolute atomic E-state index is 0.00533. The smallest absolute Gasteiger partial charge is 0.209 e. The second-order valence-electron chi connectivity index (χ2n) is 3.45. The van der Waals surface area contributed by atoms with Crippen molar-refractivity contribution in [2.45, 2.75) is 17.5 Å². The number of aliphatic hydroxyl groups excluding tert-OH is 1. The molecule has 0 atom stereocenters. The van der Waals surface area contributed by atoms with Crippen molar-refractivity contribution >= 4 is 35.0 Å². The van der Waals surface area contributed by atoms with Crippen LogP contribution in [-0.2, 0) is 12.3 Å². The topological polar surface area (TPSA) is 63.8 Å². The van der Waals surface area contributed by atoms with E-state index in [2.05, 4.69) is 15.5 Å². The molecule has 2 rings (SSSR count). The van der Waals surface area contributed by atoms with Gasteiger partial charge >= 0.3 is 0 Å². The molecular formula is C10H10Cl2N4OS. The van der Waals surface area contributed by atoms with Crippen molar-refractivity contribution < 1.29 is 5.11 Å². The van der Waals surface area contributed by atoms with Crippen LogP contribution in [0.3, 0.4) is 0 Å². The standard InChI is InChI=1S/C10H10Cl2N4OS/c11-8-2-1-7(5-9(8)12)6-18-10-13-14-15-16(10)3-4-17/h1-2,5,17H,3-4,6H2. The van der Waals surface area contributed by atoms with E-state index in [9.17, 15) is 0 Å². The third-order valence-electron chi connectivity index (χ3n) is 2.16. The van der Waals surface area contributed by atoms with Gasteiger partial charge in [-0.3, -0.25) is 0 Å². The largest absolute Gasteiger partial charge is 0.394 e. The molecule has 0 saturated heterocycles. The van der Waals surface area contributed by atoms with Gasteiger partial charge in [0.05, 0.1) is 23.2 Å². The monoisotopic (exact) mass is 304 g/mol. The number of halogens is 2. The minimum atomic E-state index is 0.00533. The van der Waals surface area contributed by atoms with E-state index in [1.54, 1.807) is 10.7 Å². The Balaban J connectivity index is 2.02. The fraction of sp³-hybridized carbons (Fsp3) is 0.300. The summed E-state index contributed by atoms with van der Waals surface area (Å²) in [6.07, 6.45) is 0. The number of nitrogens with zero attached hydrogens (tertiary/aromatic N) is 4. The maximum absolute atomic E-state index is 8.86. The van der Waals surface area contributed by atoms with Gasteiger partial charge < -0.3 is 5.11 Å². The van der Waals surface area contributed by atoms with Crippen molar-refractivity contribution in [3.63, 3.8) is 0 Å². The van der Waals surface area contributed by atoms with E-state index in [1.807, 2.05) is 12.1 Å². The molecule has 1 N–H and O–H groups in total. The molecule has 0 aliphatic rings. The molecule has 8 heteroatoms. The van der Waals surface area contributed by atoms with E-state index in [4.69, 9.17) is 28.3 Å². The highest BCUT2D eigenvalue weighted by molar-refractivity contribution is 7.98. The fourth-order valence-electron chi connectivity index (χ4n) is 1.31. The van der Waals surface area contributed by atoms with E-state index in [0.29, 0.717) is 27.5 Å². The van der Waals surface area contributed by atoms with Crippen LogP contribution in [0, 0.1) is 0 Å². The molecule has 18 heavy (non-hydrogen) atoms. The van der Waals surface area contributed by atoms with Crippen LogP contribution in [0.4, 0.5) is 0 Å². The quantitative estimate of drug-likeness (QED) is 0.859. The highest BCUT2D eigenvalue weighted by Gasteiger charge is 2.07. The van der Waals surface area contributed by atoms with Crippen molar-refractivity contribution in [3.05, 3.63) is 33.8 Å². The summed E-state index contributed by atoms with van der Waals surface area (Å²) < 4.78 is 1.56. The average Bonchev–Trinajstić information content (AvgIpc) is 2.79. The number of benzene rings is 1. The molecule has 1 aromatic carbocycles. The van der Waals surface area contributed by atoms with Crippen molar-refractivity contribution in [1.29, 1.82) is 0 Å². The number of tetrazole rings is 1. The Morgan fingerprint density at radius 1 is 1.28 bits per heavy atom. The first-order valence-corrected chi connectivity index (χ1v) is 6.88. The molecule has 0 amide bonds. The molecule has 1 heterocycles. The summed E-state index contributed by atoms with van der Waals surface area (Å²) in [6, 6.07) is 5.48. The summed E-state index contributed by atoms with van der Waals surface area (Å²) >= 11 is 13.3. The van der Waals surface area contributed by atoms with Crippen LogP contribution in [0.5, 0.6) is 0 Å². The Bertz CT molecular complexity index is 534. The van der Waals surface area contributed by atoms with Crippen LogP contribution in [0.15, 0.2) is 23.4 Å². The van der Waals surface area contributed by atoms with Crippen molar-refractivity contribution in [1.82, 2.24) is 20.2 Å². The summed E-state index contributed by atoms with van der Waals surface area (Å²) in [7, 11) is 0. The maximum Gasteiger partial charge on any atom is 0.209 e. The van der Waals surface area contributed by atoms with Gasteiger partial charge in [0.25, 0.3) is 0 Å². The Morgan fingerprint density at radius 3 is 2.83 bits per heavy atom. The zero-order chi connectivity index (χ0) is 13.0. The molecule has 0 spiro atoms. The number of rotatable bonds is 5. The van der Waals surface area contributed by atoms with Gasteiger partial charge in [-0.05, 0) is 28.1 Å². The first kappa shape index (κ1) is 13.6. The number of thioether (sulfide) groups is 1. The minimum Gasteiger partial charge on any atom is -0.394 e. The van der Waals surface area contributed by atoms with Gasteiger partial charge in [0.2, 0.25) is 5.16 Å². The Hall–Kier alpha value is -0.820. The van der Waals surface area contributed by atoms with Gasteiger partial charge in [-0.25, -0.2) is 4.68 Å². The van der Waals surface area contributed by atoms with Crippen LogP contribution in [0.1, 0.15) is 5.56 Å². The second-order valence-corrected chi connectivity index (χ2v) is 5.20. The zero-order valence-electron chi connectivity index (χ0n) is 9.25. The van der Waals surface area contributed by atoms with Crippen LogP contribution in [-0.4, -0.2) is 31.9 Å². The van der Waals surface area contributed by atoms with Crippen LogP contribution in [0.25, 0.3) is 0 Å². The fourth-order valence-corrected chi connectivity index (χ4v) is 2.48. The van der Waals surface area contributed by atoms with E-state index < -0.39 is 0 Å². The van der Waals surface area contributed by atoms with E-state index >= 15 is 0 Å². The summed E-state index contributed by atoms with van der Waals surface area (Å²) in [4.78, 5) is 0. The van der Waals surface area contributed by atoms with Gasteiger partial charge in [0.15, 0.2) is 0 Å². The van der Waals surface area contributed by atoms with E-state index in [1.165, 1.54) is 11.8 Å². The highest BCUT2D eigenvalue weighted by Crippen LogP contribution is 2.26. The molecule has 0 radical (unpaired) electrons. The molecule has 2 aromatic rings. The van der Waals surface area contributed by atoms with Gasteiger partial charge in [0.1, 0.15) is 0 Å². The first-order valence-electron chi connectivity index (χ1n) is 5.14. The van der Waals surface area contributed by atoms with Gasteiger partial charge in [0, 0.05) is 5.75 Å². The molecule has 0 bridgehead atoms. The predicted octanol–water partition coefficient (Wildman–Crippen LogP) is 2.26. The third kappa shape index (κ3) is 3.35. The van der Waals surface area contributed by atoms with Gasteiger partial charge in [-0.1, -0.05) is 41.0 Å². The number of aromatic nitrogens is 4. The Morgan fingerprint density at radius 2 is 2.11 bits per heavy atom. The summed E-state index contributed by atoms with van der Waals surface area (Å²) in [5, 5.41) is 21.8. The third-order valence-corrected chi connectivity index (χ3v) is 3.93. The molecule has 0 aliphatic carbocycles. The lowest BCUT2D eigenvalue weighted by molar-refractivity contribution is 0.262. The summed E-state index contributed by atoms with van der Waals surface area (Å²) in [5.74, 6) is 0.683. The normalized spacial score (nSPS) is 10.8. The molecule has 0 unspecified atom stereocenters. The predicted molar refractivity (Wildman–Crippen MR) is 70.9 cm³/mol. The summed E-state index contributed by atoms with van der Waals surface area (Å²) in [6.45, 7) is 0.391. The lowest BCUT2D eigenvalue weighted by atomic mass is 10.2. The number of hydrogen-bond acceptors (Lipinski definition) is 5.